The van der Waals surface area contributed by atoms with Gasteiger partial charge in [-0.2, -0.15) is 22.5 Å². The number of aromatic nitrogens is 2. The van der Waals surface area contributed by atoms with E-state index in [1.165, 1.54) is 0 Å². The SMILES string of the molecule is CN(c1nc(C(F)(F)F)ns1)C1CCCCC1O. The van der Waals surface area contributed by atoms with Crippen molar-refractivity contribution >= 4 is 16.7 Å². The predicted molar refractivity (Wildman–Crippen MR) is 61.6 cm³/mol. The van der Waals surface area contributed by atoms with Gasteiger partial charge in [-0.15, -0.1) is 0 Å². The fourth-order valence-corrected chi connectivity index (χ4v) is 2.86. The van der Waals surface area contributed by atoms with E-state index in [1.54, 1.807) is 11.9 Å². The maximum absolute atomic E-state index is 12.4. The molecular formula is C10H14F3N3OS. The summed E-state index contributed by atoms with van der Waals surface area (Å²) in [5.74, 6) is -1.11. The normalized spacial score (nSPS) is 25.2. The Labute approximate surface area is 107 Å². The molecule has 1 aromatic heterocycles. The minimum Gasteiger partial charge on any atom is -0.391 e. The van der Waals surface area contributed by atoms with Crippen LogP contribution >= 0.6 is 11.5 Å². The highest BCUT2D eigenvalue weighted by molar-refractivity contribution is 7.09. The molecule has 8 heteroatoms. The molecule has 0 bridgehead atoms. The molecule has 0 aromatic carbocycles. The van der Waals surface area contributed by atoms with Gasteiger partial charge in [-0.1, -0.05) is 12.8 Å². The molecule has 1 heterocycles. The summed E-state index contributed by atoms with van der Waals surface area (Å²) in [6.07, 6.45) is -1.66. The lowest BCUT2D eigenvalue weighted by molar-refractivity contribution is -0.144. The van der Waals surface area contributed by atoms with Gasteiger partial charge in [-0.05, 0) is 12.8 Å². The van der Waals surface area contributed by atoms with Gasteiger partial charge in [0.2, 0.25) is 11.0 Å². The summed E-state index contributed by atoms with van der Waals surface area (Å²) in [4.78, 5) is 5.10. The number of alkyl halides is 3. The zero-order valence-corrected chi connectivity index (χ0v) is 10.6. The summed E-state index contributed by atoms with van der Waals surface area (Å²) in [5, 5.41) is 10.1. The lowest BCUT2D eigenvalue weighted by Gasteiger charge is -2.34. The smallest absolute Gasteiger partial charge is 0.391 e. The van der Waals surface area contributed by atoms with E-state index in [0.717, 1.165) is 19.3 Å². The first-order valence-corrected chi connectivity index (χ1v) is 6.48. The van der Waals surface area contributed by atoms with Crippen molar-refractivity contribution < 1.29 is 18.3 Å². The van der Waals surface area contributed by atoms with E-state index in [4.69, 9.17) is 0 Å². The van der Waals surface area contributed by atoms with Crippen LogP contribution in [0.3, 0.4) is 0 Å². The zero-order valence-electron chi connectivity index (χ0n) is 9.81. The average Bonchev–Trinajstić information content (AvgIpc) is 2.77. The molecule has 1 saturated carbocycles. The molecule has 1 aliphatic rings. The quantitative estimate of drug-likeness (QED) is 0.903. The van der Waals surface area contributed by atoms with Gasteiger partial charge in [0.05, 0.1) is 12.1 Å². The Hall–Kier alpha value is -0.890. The summed E-state index contributed by atoms with van der Waals surface area (Å²) < 4.78 is 40.5. The number of hydrogen-bond donors (Lipinski definition) is 1. The van der Waals surface area contributed by atoms with E-state index in [-0.39, 0.29) is 11.2 Å². The third kappa shape index (κ3) is 2.74. The Kier molecular flexibility index (Phi) is 3.76. The highest BCUT2D eigenvalue weighted by atomic mass is 32.1. The van der Waals surface area contributed by atoms with Crippen molar-refractivity contribution in [3.05, 3.63) is 5.82 Å². The molecule has 0 saturated heterocycles. The van der Waals surface area contributed by atoms with E-state index in [0.29, 0.717) is 18.0 Å². The van der Waals surface area contributed by atoms with E-state index in [1.807, 2.05) is 0 Å². The number of hydrogen-bond acceptors (Lipinski definition) is 5. The lowest BCUT2D eigenvalue weighted by atomic mass is 9.92. The second kappa shape index (κ2) is 5.00. The van der Waals surface area contributed by atoms with Crippen molar-refractivity contribution in [3.63, 3.8) is 0 Å². The maximum atomic E-state index is 12.4. The lowest BCUT2D eigenvalue weighted by Crippen LogP contribution is -2.43. The van der Waals surface area contributed by atoms with E-state index >= 15 is 0 Å². The van der Waals surface area contributed by atoms with Crippen LogP contribution in [0.25, 0.3) is 0 Å². The fraction of sp³-hybridized carbons (Fsp3) is 0.800. The van der Waals surface area contributed by atoms with Crippen molar-refractivity contribution in [1.82, 2.24) is 9.36 Å². The number of aliphatic hydroxyl groups excluding tert-OH is 1. The van der Waals surface area contributed by atoms with Crippen LogP contribution in [0, 0.1) is 0 Å². The van der Waals surface area contributed by atoms with Crippen molar-refractivity contribution in [1.29, 1.82) is 0 Å². The van der Waals surface area contributed by atoms with E-state index < -0.39 is 18.1 Å². The Morgan fingerprint density at radius 3 is 2.56 bits per heavy atom. The Morgan fingerprint density at radius 2 is 2.00 bits per heavy atom. The molecule has 102 valence electrons. The molecule has 2 atom stereocenters. The molecule has 18 heavy (non-hydrogen) atoms. The van der Waals surface area contributed by atoms with Crippen LogP contribution in [-0.2, 0) is 6.18 Å². The van der Waals surface area contributed by atoms with Crippen LogP contribution in [0.2, 0.25) is 0 Å². The third-order valence-electron chi connectivity index (χ3n) is 3.16. The van der Waals surface area contributed by atoms with Crippen LogP contribution < -0.4 is 4.90 Å². The molecule has 4 nitrogen and oxygen atoms in total. The summed E-state index contributed by atoms with van der Waals surface area (Å²) >= 11 is 0.714. The van der Waals surface area contributed by atoms with Gasteiger partial charge in [0.25, 0.3) is 0 Å². The molecule has 0 radical (unpaired) electrons. The van der Waals surface area contributed by atoms with Gasteiger partial charge in [0.15, 0.2) is 0 Å². The van der Waals surface area contributed by atoms with Crippen LogP contribution in [-0.4, -0.2) is 33.7 Å². The highest BCUT2D eigenvalue weighted by Gasteiger charge is 2.37. The molecule has 0 aliphatic heterocycles. The highest BCUT2D eigenvalue weighted by Crippen LogP contribution is 2.32. The number of anilines is 1. The summed E-state index contributed by atoms with van der Waals surface area (Å²) in [7, 11) is 1.65. The molecule has 2 unspecified atom stereocenters. The molecule has 1 aliphatic carbocycles. The summed E-state index contributed by atoms with van der Waals surface area (Å²) in [6.45, 7) is 0. The monoisotopic (exact) mass is 281 g/mol. The summed E-state index contributed by atoms with van der Waals surface area (Å²) in [5.41, 5.74) is 0. The second-order valence-corrected chi connectivity index (χ2v) is 5.16. The van der Waals surface area contributed by atoms with Crippen molar-refractivity contribution in [3.8, 4) is 0 Å². The Morgan fingerprint density at radius 1 is 1.33 bits per heavy atom. The fourth-order valence-electron chi connectivity index (χ4n) is 2.16. The first kappa shape index (κ1) is 13.5. The molecule has 0 spiro atoms. The van der Waals surface area contributed by atoms with Crippen LogP contribution in [0.4, 0.5) is 18.3 Å². The van der Waals surface area contributed by atoms with Gasteiger partial charge < -0.3 is 10.0 Å². The Balaban J connectivity index is 2.13. The van der Waals surface area contributed by atoms with Crippen LogP contribution in [0.1, 0.15) is 31.5 Å². The van der Waals surface area contributed by atoms with Crippen LogP contribution in [0.15, 0.2) is 0 Å². The molecule has 1 N–H and O–H groups in total. The molecule has 2 rings (SSSR count). The second-order valence-electron chi connectivity index (χ2n) is 4.43. The largest absolute Gasteiger partial charge is 0.452 e. The van der Waals surface area contributed by atoms with Gasteiger partial charge in [-0.25, -0.2) is 0 Å². The third-order valence-corrected chi connectivity index (χ3v) is 3.97. The first-order valence-electron chi connectivity index (χ1n) is 5.71. The minimum atomic E-state index is -4.51. The average molecular weight is 281 g/mol. The first-order chi connectivity index (χ1) is 8.39. The van der Waals surface area contributed by atoms with Crippen molar-refractivity contribution in [2.24, 2.45) is 0 Å². The van der Waals surface area contributed by atoms with E-state index in [2.05, 4.69) is 9.36 Å². The molecular weight excluding hydrogens is 267 g/mol. The standard InChI is InChI=1S/C10H14F3N3OS/c1-16(6-4-2-3-5-7(6)17)9-14-8(15-18-9)10(11,12)13/h6-7,17H,2-5H2,1H3. The Bertz CT molecular complexity index is 409. The van der Waals surface area contributed by atoms with E-state index in [9.17, 15) is 18.3 Å². The van der Waals surface area contributed by atoms with Gasteiger partial charge >= 0.3 is 6.18 Å². The molecule has 0 amide bonds. The number of aliphatic hydroxyl groups is 1. The van der Waals surface area contributed by atoms with Crippen LogP contribution in [0.5, 0.6) is 0 Å². The topological polar surface area (TPSA) is 49.2 Å². The number of nitrogens with zero attached hydrogens (tertiary/aromatic N) is 3. The molecule has 1 fully saturated rings. The number of rotatable bonds is 2. The predicted octanol–water partition coefficient (Wildman–Crippen LogP) is 2.30. The van der Waals surface area contributed by atoms with Gasteiger partial charge in [-0.3, -0.25) is 0 Å². The number of halogens is 3. The van der Waals surface area contributed by atoms with Gasteiger partial charge in [0.1, 0.15) is 0 Å². The zero-order chi connectivity index (χ0) is 13.3. The van der Waals surface area contributed by atoms with Crippen molar-refractivity contribution in [2.45, 2.75) is 44.0 Å². The summed E-state index contributed by atoms with van der Waals surface area (Å²) in [6, 6.07) is -0.173. The maximum Gasteiger partial charge on any atom is 0.452 e. The minimum absolute atomic E-state index is 0.173. The van der Waals surface area contributed by atoms with Crippen molar-refractivity contribution in [2.75, 3.05) is 11.9 Å². The molecule has 1 aromatic rings. The van der Waals surface area contributed by atoms with Gasteiger partial charge in [0, 0.05) is 18.6 Å². The number of likely N-dealkylation sites (N-methyl/N-ethyl adjacent to an activating group) is 1.